The van der Waals surface area contributed by atoms with E-state index in [9.17, 15) is 14.7 Å². The third kappa shape index (κ3) is 28.3. The Balaban J connectivity index is 3.53. The fraction of sp³-hybridized carbons (Fsp3) is 0.943. The van der Waals surface area contributed by atoms with Crippen molar-refractivity contribution in [2.45, 2.75) is 200 Å². The Kier molecular flexibility index (Phi) is 30.6. The second-order valence-corrected chi connectivity index (χ2v) is 12.2. The third-order valence-electron chi connectivity index (χ3n) is 8.29. The van der Waals surface area contributed by atoms with Gasteiger partial charge in [-0.3, -0.25) is 9.59 Å². The van der Waals surface area contributed by atoms with E-state index in [1.54, 1.807) is 0 Å². The standard InChI is InChI=1S/C35H69NO3/c1-3-5-7-9-11-13-15-17-18-20-22-24-26-28-30-32-36-34(37)33(35(38)39)31-29-27-25-23-21-19-16-14-12-10-8-6-4-2/h33H,3-32H2,1-2H3,(H,36,37)(H,38,39). The summed E-state index contributed by atoms with van der Waals surface area (Å²) in [6.07, 6.45) is 36.8. The van der Waals surface area contributed by atoms with E-state index < -0.39 is 11.9 Å². The Morgan fingerprint density at radius 1 is 0.462 bits per heavy atom. The van der Waals surface area contributed by atoms with E-state index in [0.29, 0.717) is 13.0 Å². The van der Waals surface area contributed by atoms with E-state index in [1.165, 1.54) is 148 Å². The number of hydrogen-bond donors (Lipinski definition) is 2. The molecule has 0 fully saturated rings. The number of unbranched alkanes of at least 4 members (excludes halogenated alkanes) is 26. The highest BCUT2D eigenvalue weighted by molar-refractivity contribution is 5.96. The van der Waals surface area contributed by atoms with Gasteiger partial charge in [-0.2, -0.15) is 0 Å². The Morgan fingerprint density at radius 2 is 0.744 bits per heavy atom. The summed E-state index contributed by atoms with van der Waals surface area (Å²) in [7, 11) is 0. The van der Waals surface area contributed by atoms with Crippen molar-refractivity contribution in [2.75, 3.05) is 6.54 Å². The van der Waals surface area contributed by atoms with Gasteiger partial charge in [-0.25, -0.2) is 0 Å². The molecule has 0 spiro atoms. The molecule has 2 N–H and O–H groups in total. The predicted octanol–water partition coefficient (Wildman–Crippen LogP) is 11.2. The molecule has 0 aromatic heterocycles. The second kappa shape index (κ2) is 31.5. The fourth-order valence-corrected chi connectivity index (χ4v) is 5.56. The van der Waals surface area contributed by atoms with Crippen molar-refractivity contribution in [2.24, 2.45) is 5.92 Å². The molecule has 1 amide bonds. The summed E-state index contributed by atoms with van der Waals surface area (Å²) < 4.78 is 0. The van der Waals surface area contributed by atoms with Crippen LogP contribution < -0.4 is 5.32 Å². The largest absolute Gasteiger partial charge is 0.481 e. The number of carboxylic acid groups (broad SMARTS) is 1. The van der Waals surface area contributed by atoms with E-state index in [2.05, 4.69) is 19.2 Å². The molecule has 0 aliphatic carbocycles. The first-order valence-electron chi connectivity index (χ1n) is 17.6. The number of amides is 1. The topological polar surface area (TPSA) is 66.4 Å². The van der Waals surface area contributed by atoms with Gasteiger partial charge in [-0.15, -0.1) is 0 Å². The lowest BCUT2D eigenvalue weighted by Crippen LogP contribution is -2.35. The normalized spacial score (nSPS) is 12.1. The van der Waals surface area contributed by atoms with E-state index in [-0.39, 0.29) is 5.91 Å². The van der Waals surface area contributed by atoms with Crippen molar-refractivity contribution < 1.29 is 14.7 Å². The molecule has 0 heterocycles. The van der Waals surface area contributed by atoms with Gasteiger partial charge in [0, 0.05) is 6.54 Å². The van der Waals surface area contributed by atoms with Crippen LogP contribution in [0.5, 0.6) is 0 Å². The third-order valence-corrected chi connectivity index (χ3v) is 8.29. The van der Waals surface area contributed by atoms with Crippen LogP contribution in [0.4, 0.5) is 0 Å². The fourth-order valence-electron chi connectivity index (χ4n) is 5.56. The van der Waals surface area contributed by atoms with Gasteiger partial charge in [0.1, 0.15) is 5.92 Å². The van der Waals surface area contributed by atoms with Crippen LogP contribution in [-0.2, 0) is 9.59 Å². The van der Waals surface area contributed by atoms with Crippen LogP contribution in [0.15, 0.2) is 0 Å². The van der Waals surface area contributed by atoms with Gasteiger partial charge in [0.2, 0.25) is 5.91 Å². The number of carbonyl (C=O) groups is 2. The molecule has 232 valence electrons. The minimum atomic E-state index is -0.970. The van der Waals surface area contributed by atoms with Gasteiger partial charge in [0.05, 0.1) is 0 Å². The minimum absolute atomic E-state index is 0.285. The van der Waals surface area contributed by atoms with Gasteiger partial charge in [0.25, 0.3) is 0 Å². The lowest BCUT2D eigenvalue weighted by molar-refractivity contribution is -0.147. The van der Waals surface area contributed by atoms with Crippen molar-refractivity contribution in [1.29, 1.82) is 0 Å². The van der Waals surface area contributed by atoms with Crippen molar-refractivity contribution >= 4 is 11.9 Å². The Labute approximate surface area is 244 Å². The van der Waals surface area contributed by atoms with E-state index in [4.69, 9.17) is 0 Å². The van der Waals surface area contributed by atoms with Gasteiger partial charge in [-0.1, -0.05) is 187 Å². The first-order valence-corrected chi connectivity index (χ1v) is 17.6. The van der Waals surface area contributed by atoms with Gasteiger partial charge < -0.3 is 10.4 Å². The zero-order valence-electron chi connectivity index (χ0n) is 26.6. The molecule has 39 heavy (non-hydrogen) atoms. The minimum Gasteiger partial charge on any atom is -0.481 e. The van der Waals surface area contributed by atoms with Crippen molar-refractivity contribution in [1.82, 2.24) is 5.32 Å². The number of carboxylic acids is 1. The van der Waals surface area contributed by atoms with Crippen LogP contribution >= 0.6 is 0 Å². The molecule has 0 aromatic carbocycles. The van der Waals surface area contributed by atoms with Crippen LogP contribution in [-0.4, -0.2) is 23.5 Å². The molecule has 0 rings (SSSR count). The van der Waals surface area contributed by atoms with Crippen molar-refractivity contribution in [3.8, 4) is 0 Å². The summed E-state index contributed by atoms with van der Waals surface area (Å²) in [5.41, 5.74) is 0. The number of carbonyl (C=O) groups excluding carboxylic acids is 1. The second-order valence-electron chi connectivity index (χ2n) is 12.2. The van der Waals surface area contributed by atoms with E-state index in [0.717, 1.165) is 32.1 Å². The molecule has 0 saturated heterocycles. The van der Waals surface area contributed by atoms with E-state index >= 15 is 0 Å². The zero-order chi connectivity index (χ0) is 28.7. The maximum Gasteiger partial charge on any atom is 0.316 e. The van der Waals surface area contributed by atoms with Gasteiger partial charge >= 0.3 is 5.97 Å². The highest BCUT2D eigenvalue weighted by atomic mass is 16.4. The van der Waals surface area contributed by atoms with Crippen LogP contribution in [0.3, 0.4) is 0 Å². The molecule has 1 unspecified atom stereocenters. The van der Waals surface area contributed by atoms with Crippen LogP contribution in [0.2, 0.25) is 0 Å². The van der Waals surface area contributed by atoms with Crippen LogP contribution in [0.1, 0.15) is 200 Å². The average Bonchev–Trinajstić information content (AvgIpc) is 2.92. The highest BCUT2D eigenvalue weighted by Crippen LogP contribution is 2.16. The summed E-state index contributed by atoms with van der Waals surface area (Å²) in [6, 6.07) is 0. The molecule has 4 nitrogen and oxygen atoms in total. The van der Waals surface area contributed by atoms with Crippen molar-refractivity contribution in [3.05, 3.63) is 0 Å². The number of nitrogens with one attached hydrogen (secondary N) is 1. The first-order chi connectivity index (χ1) is 19.1. The number of aliphatic carboxylic acids is 1. The number of hydrogen-bond acceptors (Lipinski definition) is 2. The molecule has 0 aliphatic heterocycles. The summed E-state index contributed by atoms with van der Waals surface area (Å²) in [5.74, 6) is -2.14. The number of rotatable bonds is 32. The Hall–Kier alpha value is -1.06. The molecule has 1 atom stereocenters. The molecule has 0 bridgehead atoms. The molecule has 0 aromatic rings. The maximum absolute atomic E-state index is 12.4. The SMILES string of the molecule is CCCCCCCCCCCCCCCCCNC(=O)C(CCCCCCCCCCCCCCC)C(=O)O. The van der Waals surface area contributed by atoms with Gasteiger partial charge in [-0.05, 0) is 12.8 Å². The van der Waals surface area contributed by atoms with E-state index in [1.807, 2.05) is 0 Å². The van der Waals surface area contributed by atoms with Crippen LogP contribution in [0, 0.1) is 5.92 Å². The summed E-state index contributed by atoms with van der Waals surface area (Å²) in [5, 5.41) is 12.4. The van der Waals surface area contributed by atoms with Gasteiger partial charge in [0.15, 0.2) is 0 Å². The van der Waals surface area contributed by atoms with Crippen LogP contribution in [0.25, 0.3) is 0 Å². The summed E-state index contributed by atoms with van der Waals surface area (Å²) >= 11 is 0. The van der Waals surface area contributed by atoms with Crippen molar-refractivity contribution in [3.63, 3.8) is 0 Å². The lowest BCUT2D eigenvalue weighted by Gasteiger charge is -2.13. The maximum atomic E-state index is 12.4. The zero-order valence-corrected chi connectivity index (χ0v) is 26.6. The molecule has 0 saturated carbocycles. The monoisotopic (exact) mass is 552 g/mol. The highest BCUT2D eigenvalue weighted by Gasteiger charge is 2.25. The summed E-state index contributed by atoms with van der Waals surface area (Å²) in [4.78, 5) is 24.0. The first kappa shape index (κ1) is 37.9. The molecule has 0 aliphatic rings. The summed E-state index contributed by atoms with van der Waals surface area (Å²) in [6.45, 7) is 5.15. The average molecular weight is 552 g/mol. The Bertz CT molecular complexity index is 522. The molecular weight excluding hydrogens is 482 g/mol. The smallest absolute Gasteiger partial charge is 0.316 e. The quantitative estimate of drug-likeness (QED) is 0.0645. The molecule has 0 radical (unpaired) electrons. The molecule has 4 heteroatoms. The lowest BCUT2D eigenvalue weighted by atomic mass is 9.99. The predicted molar refractivity (Wildman–Crippen MR) is 169 cm³/mol. The Morgan fingerprint density at radius 3 is 1.05 bits per heavy atom. The molecular formula is C35H69NO3.